The first-order valence-corrected chi connectivity index (χ1v) is 21.1. The monoisotopic (exact) mass is 710 g/mol. The normalized spacial score (nSPS) is 12.2. The number of aliphatic carboxylic acids is 1. The molecule has 2 amide bonds. The standard InChI is InChI=1S/C45H75NO5/c1-3-5-7-9-11-13-15-17-19-21-23-25-27-29-31-33-43(48)46(42(45(50)51)39-40-35-37-41(47)38-36-40)44(49)34-32-30-28-26-24-22-20-18-16-14-12-10-8-6-4-2/h17-20,35-38,42,47H,3-16,21-34,39H2,1-2H3,(H,50,51)/b19-17-,20-18-/t42-/m0/s1. The van der Waals surface area contributed by atoms with E-state index in [4.69, 9.17) is 0 Å². The zero-order chi connectivity index (χ0) is 37.2. The van der Waals surface area contributed by atoms with Crippen LogP contribution < -0.4 is 0 Å². The van der Waals surface area contributed by atoms with Crippen LogP contribution in [0.3, 0.4) is 0 Å². The molecule has 0 aliphatic rings. The fourth-order valence-electron chi connectivity index (χ4n) is 6.57. The van der Waals surface area contributed by atoms with Gasteiger partial charge in [-0.2, -0.15) is 0 Å². The molecule has 0 radical (unpaired) electrons. The molecule has 0 heterocycles. The number of phenolic OH excluding ortho intramolecular Hbond substituents is 1. The summed E-state index contributed by atoms with van der Waals surface area (Å²) in [6, 6.07) is 5.02. The highest BCUT2D eigenvalue weighted by molar-refractivity contribution is 5.99. The van der Waals surface area contributed by atoms with Crippen molar-refractivity contribution in [2.24, 2.45) is 0 Å². The number of benzene rings is 1. The lowest BCUT2D eigenvalue weighted by Gasteiger charge is -2.28. The summed E-state index contributed by atoms with van der Waals surface area (Å²) in [6.45, 7) is 4.50. The molecule has 1 aromatic rings. The predicted molar refractivity (Wildman–Crippen MR) is 214 cm³/mol. The summed E-state index contributed by atoms with van der Waals surface area (Å²) in [5, 5.41) is 19.8. The summed E-state index contributed by atoms with van der Waals surface area (Å²) in [5.41, 5.74) is 0.660. The van der Waals surface area contributed by atoms with Gasteiger partial charge in [-0.15, -0.1) is 0 Å². The van der Waals surface area contributed by atoms with Crippen LogP contribution in [0.25, 0.3) is 0 Å². The summed E-state index contributed by atoms with van der Waals surface area (Å²) in [6.07, 6.45) is 39.6. The van der Waals surface area contributed by atoms with Crippen LogP contribution in [0.2, 0.25) is 0 Å². The third-order valence-corrected chi connectivity index (χ3v) is 9.80. The quantitative estimate of drug-likeness (QED) is 0.0548. The van der Waals surface area contributed by atoms with Gasteiger partial charge in [0.05, 0.1) is 0 Å². The van der Waals surface area contributed by atoms with Gasteiger partial charge in [-0.25, -0.2) is 4.79 Å². The second kappa shape index (κ2) is 33.0. The van der Waals surface area contributed by atoms with Crippen LogP contribution in [0, 0.1) is 0 Å². The molecule has 6 nitrogen and oxygen atoms in total. The van der Waals surface area contributed by atoms with Crippen molar-refractivity contribution >= 4 is 17.8 Å². The summed E-state index contributed by atoms with van der Waals surface area (Å²) in [4.78, 5) is 40.4. The van der Waals surface area contributed by atoms with Gasteiger partial charge >= 0.3 is 5.97 Å². The Bertz CT molecular complexity index is 1010. The minimum atomic E-state index is -1.26. The lowest BCUT2D eigenvalue weighted by atomic mass is 10.0. The van der Waals surface area contributed by atoms with E-state index in [0.29, 0.717) is 18.4 Å². The second-order valence-corrected chi connectivity index (χ2v) is 14.6. The van der Waals surface area contributed by atoms with Gasteiger partial charge in [0.25, 0.3) is 0 Å². The smallest absolute Gasteiger partial charge is 0.327 e. The Kier molecular flexibility index (Phi) is 29.8. The van der Waals surface area contributed by atoms with Gasteiger partial charge in [0, 0.05) is 19.3 Å². The van der Waals surface area contributed by atoms with Crippen LogP contribution in [-0.2, 0) is 20.8 Å². The number of carboxylic acids is 1. The molecule has 0 bridgehead atoms. The van der Waals surface area contributed by atoms with E-state index < -0.39 is 23.8 Å². The third kappa shape index (κ3) is 25.7. The Morgan fingerprint density at radius 3 is 1.22 bits per heavy atom. The molecule has 0 saturated carbocycles. The van der Waals surface area contributed by atoms with Crippen molar-refractivity contribution in [1.82, 2.24) is 4.90 Å². The average Bonchev–Trinajstić information content (AvgIpc) is 3.12. The van der Waals surface area contributed by atoms with E-state index in [0.717, 1.165) is 69.1 Å². The van der Waals surface area contributed by atoms with Crippen molar-refractivity contribution in [2.45, 2.75) is 206 Å². The Hall–Kier alpha value is -2.89. The first-order valence-electron chi connectivity index (χ1n) is 21.1. The number of hydrogen-bond acceptors (Lipinski definition) is 4. The zero-order valence-electron chi connectivity index (χ0n) is 32.8. The van der Waals surface area contributed by atoms with Crippen LogP contribution in [0.15, 0.2) is 48.6 Å². The average molecular weight is 710 g/mol. The maximum atomic E-state index is 13.5. The summed E-state index contributed by atoms with van der Waals surface area (Å²) in [5.74, 6) is -1.88. The molecule has 1 aromatic carbocycles. The molecule has 0 saturated heterocycles. The summed E-state index contributed by atoms with van der Waals surface area (Å²) in [7, 11) is 0. The number of aromatic hydroxyl groups is 1. The number of carbonyl (C=O) groups is 3. The lowest BCUT2D eigenvalue weighted by Crippen LogP contribution is -2.49. The number of carbonyl (C=O) groups excluding carboxylic acids is 2. The molecule has 0 aromatic heterocycles. The highest BCUT2D eigenvalue weighted by Crippen LogP contribution is 2.19. The highest BCUT2D eigenvalue weighted by atomic mass is 16.4. The second-order valence-electron chi connectivity index (χ2n) is 14.6. The van der Waals surface area contributed by atoms with E-state index in [-0.39, 0.29) is 25.0 Å². The molecular formula is C45H75NO5. The maximum Gasteiger partial charge on any atom is 0.327 e. The Labute approximate surface area is 312 Å². The first-order chi connectivity index (χ1) is 24.9. The number of nitrogens with zero attached hydrogens (tertiary/aromatic N) is 1. The molecule has 0 aliphatic heterocycles. The van der Waals surface area contributed by atoms with Crippen LogP contribution in [-0.4, -0.2) is 38.9 Å². The largest absolute Gasteiger partial charge is 0.508 e. The molecule has 290 valence electrons. The SMILES string of the molecule is CCCCCCCC/C=C\CCCCCCCC(=O)N(C(=O)CCCCCCC/C=C\CCCCCCCC)[C@@H](Cc1ccc(O)cc1)C(=O)O. The third-order valence-electron chi connectivity index (χ3n) is 9.80. The fraction of sp³-hybridized carbons (Fsp3) is 0.711. The molecule has 1 atom stereocenters. The topological polar surface area (TPSA) is 94.9 Å². The Morgan fingerprint density at radius 1 is 0.529 bits per heavy atom. The number of phenols is 1. The van der Waals surface area contributed by atoms with E-state index in [2.05, 4.69) is 38.2 Å². The Morgan fingerprint density at radius 2 is 0.863 bits per heavy atom. The molecule has 0 spiro atoms. The van der Waals surface area contributed by atoms with Gasteiger partial charge < -0.3 is 10.2 Å². The first kappa shape index (κ1) is 46.1. The molecule has 0 fully saturated rings. The molecule has 0 unspecified atom stereocenters. The highest BCUT2D eigenvalue weighted by Gasteiger charge is 2.34. The summed E-state index contributed by atoms with van der Waals surface area (Å²) >= 11 is 0. The van der Waals surface area contributed by atoms with Crippen molar-refractivity contribution in [2.75, 3.05) is 0 Å². The molecular weight excluding hydrogens is 634 g/mol. The number of carboxylic acid groups (broad SMARTS) is 1. The van der Waals surface area contributed by atoms with Crippen molar-refractivity contribution in [3.8, 4) is 5.75 Å². The number of rotatable bonds is 34. The van der Waals surface area contributed by atoms with Crippen LogP contribution in [0.1, 0.15) is 199 Å². The number of imide groups is 1. The van der Waals surface area contributed by atoms with Gasteiger partial charge in [-0.1, -0.05) is 153 Å². The summed E-state index contributed by atoms with van der Waals surface area (Å²) < 4.78 is 0. The zero-order valence-corrected chi connectivity index (χ0v) is 32.8. The molecule has 51 heavy (non-hydrogen) atoms. The van der Waals surface area contributed by atoms with Crippen LogP contribution in [0.4, 0.5) is 0 Å². The van der Waals surface area contributed by atoms with Gasteiger partial charge in [-0.05, 0) is 81.9 Å². The predicted octanol–water partition coefficient (Wildman–Crippen LogP) is 12.8. The lowest BCUT2D eigenvalue weighted by molar-refractivity contribution is -0.158. The van der Waals surface area contributed by atoms with Gasteiger partial charge in [0.2, 0.25) is 11.8 Å². The van der Waals surface area contributed by atoms with Crippen LogP contribution in [0.5, 0.6) is 5.75 Å². The van der Waals surface area contributed by atoms with Crippen molar-refractivity contribution in [3.63, 3.8) is 0 Å². The molecule has 2 N–H and O–H groups in total. The number of amides is 2. The van der Waals surface area contributed by atoms with E-state index in [9.17, 15) is 24.6 Å². The number of hydrogen-bond donors (Lipinski definition) is 2. The molecule has 6 heteroatoms. The van der Waals surface area contributed by atoms with E-state index in [1.165, 1.54) is 102 Å². The molecule has 1 rings (SSSR count). The van der Waals surface area contributed by atoms with Crippen molar-refractivity contribution in [1.29, 1.82) is 0 Å². The maximum absolute atomic E-state index is 13.5. The Balaban J connectivity index is 2.46. The minimum Gasteiger partial charge on any atom is -0.508 e. The van der Waals surface area contributed by atoms with Crippen LogP contribution >= 0.6 is 0 Å². The van der Waals surface area contributed by atoms with E-state index in [1.54, 1.807) is 12.1 Å². The van der Waals surface area contributed by atoms with E-state index in [1.807, 2.05) is 0 Å². The number of unbranched alkanes of at least 4 members (excludes halogenated alkanes) is 22. The fourth-order valence-corrected chi connectivity index (χ4v) is 6.57. The van der Waals surface area contributed by atoms with Gasteiger partial charge in [0.15, 0.2) is 0 Å². The minimum absolute atomic E-state index is 0.0197. The molecule has 0 aliphatic carbocycles. The van der Waals surface area contributed by atoms with Gasteiger partial charge in [-0.3, -0.25) is 14.5 Å². The van der Waals surface area contributed by atoms with Crippen molar-refractivity contribution < 1.29 is 24.6 Å². The van der Waals surface area contributed by atoms with Crippen molar-refractivity contribution in [3.05, 3.63) is 54.1 Å². The van der Waals surface area contributed by atoms with Gasteiger partial charge in [0.1, 0.15) is 11.8 Å². The van der Waals surface area contributed by atoms with E-state index >= 15 is 0 Å². The number of allylic oxidation sites excluding steroid dienone is 4.